The molecule has 0 radical (unpaired) electrons. The van der Waals surface area contributed by atoms with Crippen LogP contribution in [0.5, 0.6) is 0 Å². The van der Waals surface area contributed by atoms with E-state index in [1.807, 2.05) is 36.4 Å². The summed E-state index contributed by atoms with van der Waals surface area (Å²) in [5.74, 6) is 0. The molecule has 8 aromatic carbocycles. The van der Waals surface area contributed by atoms with Gasteiger partial charge in [0.05, 0.1) is 19.4 Å². The van der Waals surface area contributed by atoms with Gasteiger partial charge in [-0.1, -0.05) is 165 Å². The largest absolute Gasteiger partial charge is 0.310 e. The zero-order chi connectivity index (χ0) is 42.4. The first-order chi connectivity index (χ1) is 28.7. The molecular weight excluding hydrogens is 603 g/mol. The van der Waals surface area contributed by atoms with Crippen molar-refractivity contribution in [3.05, 3.63) is 199 Å². The summed E-state index contributed by atoms with van der Waals surface area (Å²) in [4.78, 5) is 2.06. The van der Waals surface area contributed by atoms with Gasteiger partial charge in [-0.2, -0.15) is 0 Å². The van der Waals surface area contributed by atoms with Gasteiger partial charge in [-0.05, 0) is 97.4 Å². The van der Waals surface area contributed by atoms with Crippen LogP contribution in [0.25, 0.3) is 55.3 Å². The fourth-order valence-electron chi connectivity index (χ4n) is 7.37. The molecule has 0 N–H and O–H groups in total. The zero-order valence-electron chi connectivity index (χ0n) is 37.6. The second-order valence-corrected chi connectivity index (χ2v) is 13.0. The van der Waals surface area contributed by atoms with Crippen LogP contribution in [0.15, 0.2) is 188 Å². The Kier molecular flexibility index (Phi) is 5.07. The van der Waals surface area contributed by atoms with Crippen LogP contribution in [-0.2, 0) is 5.41 Å². The molecule has 8 aromatic rings. The minimum absolute atomic E-state index is 0.109. The molecule has 0 aromatic heterocycles. The molecule has 0 bridgehead atoms. The van der Waals surface area contributed by atoms with Gasteiger partial charge in [0, 0.05) is 22.2 Å². The van der Waals surface area contributed by atoms with Gasteiger partial charge in [0.15, 0.2) is 0 Å². The number of anilines is 3. The van der Waals surface area contributed by atoms with Gasteiger partial charge in [0.2, 0.25) is 0 Å². The third kappa shape index (κ3) is 5.02. The third-order valence-corrected chi connectivity index (χ3v) is 9.86. The second kappa shape index (κ2) is 12.1. The number of hydrogen-bond acceptors (Lipinski definition) is 1. The molecule has 0 heterocycles. The Morgan fingerprint density at radius 1 is 0.420 bits per heavy atom. The SMILES string of the molecule is [2H]c1c([2H])c([2H])c(-c2ccc(N(c3ccc(-c4c([2H])c([2H])c([2H])c([2H])c4[2H])cc3)c3ccc(-c4ccc5c(c4)C(C)(C)c4ccccc4-5)c4ccccc34)cc2)c([2H])c1[2H]. The summed E-state index contributed by atoms with van der Waals surface area (Å²) < 4.78 is 83.4. The van der Waals surface area contributed by atoms with Crippen LogP contribution in [0.3, 0.4) is 0 Å². The zero-order valence-corrected chi connectivity index (χ0v) is 27.6. The van der Waals surface area contributed by atoms with E-state index in [9.17, 15) is 0 Å². The molecule has 1 aliphatic carbocycles. The highest BCUT2D eigenvalue weighted by atomic mass is 15.1. The summed E-state index contributed by atoms with van der Waals surface area (Å²) in [6.45, 7) is 4.54. The Bertz CT molecular complexity index is 2890. The smallest absolute Gasteiger partial charge is 0.0629 e. The molecule has 0 saturated carbocycles. The first-order valence-corrected chi connectivity index (χ1v) is 16.6. The maximum Gasteiger partial charge on any atom is 0.0629 e. The van der Waals surface area contributed by atoms with E-state index in [2.05, 4.69) is 85.5 Å². The summed E-state index contributed by atoms with van der Waals surface area (Å²) in [6, 6.07) is 38.5. The van der Waals surface area contributed by atoms with Gasteiger partial charge in [-0.3, -0.25) is 0 Å². The lowest BCUT2D eigenvalue weighted by molar-refractivity contribution is 0.660. The van der Waals surface area contributed by atoms with Crippen LogP contribution in [0.2, 0.25) is 0 Å². The first-order valence-electron chi connectivity index (χ1n) is 21.6. The van der Waals surface area contributed by atoms with Crippen LogP contribution in [0, 0.1) is 0 Å². The molecule has 1 nitrogen and oxygen atoms in total. The van der Waals surface area contributed by atoms with Crippen LogP contribution in [0.4, 0.5) is 17.1 Å². The fraction of sp³-hybridized carbons (Fsp3) is 0.0612. The van der Waals surface area contributed by atoms with Crippen molar-refractivity contribution in [3.8, 4) is 44.5 Å². The lowest BCUT2D eigenvalue weighted by Crippen LogP contribution is -2.14. The summed E-state index contributed by atoms with van der Waals surface area (Å²) in [5, 5.41) is 1.99. The molecule has 9 rings (SSSR count). The van der Waals surface area contributed by atoms with Crippen molar-refractivity contribution in [2.45, 2.75) is 19.3 Å². The van der Waals surface area contributed by atoms with Crippen molar-refractivity contribution in [1.29, 1.82) is 0 Å². The molecule has 0 spiro atoms. The van der Waals surface area contributed by atoms with Gasteiger partial charge in [-0.25, -0.2) is 0 Å². The lowest BCUT2D eigenvalue weighted by Gasteiger charge is -2.28. The first kappa shape index (κ1) is 21.0. The molecule has 1 heteroatoms. The van der Waals surface area contributed by atoms with Crippen LogP contribution in [-0.4, -0.2) is 0 Å². The molecule has 1 aliphatic rings. The highest BCUT2D eigenvalue weighted by Gasteiger charge is 2.35. The van der Waals surface area contributed by atoms with Crippen molar-refractivity contribution in [3.63, 3.8) is 0 Å². The number of hydrogen-bond donors (Lipinski definition) is 0. The number of benzene rings is 8. The normalized spacial score (nSPS) is 15.6. The van der Waals surface area contributed by atoms with Gasteiger partial charge in [-0.15, -0.1) is 0 Å². The van der Waals surface area contributed by atoms with Crippen molar-refractivity contribution >= 4 is 27.8 Å². The number of nitrogens with zero attached hydrogens (tertiary/aromatic N) is 1. The summed E-state index contributed by atoms with van der Waals surface area (Å²) in [5.41, 5.74) is 10.5. The third-order valence-electron chi connectivity index (χ3n) is 9.86. The van der Waals surface area contributed by atoms with E-state index < -0.39 is 36.3 Å². The molecule has 0 fully saturated rings. The number of fused-ring (bicyclic) bond motifs is 4. The molecule has 0 atom stereocenters. The minimum atomic E-state index is -0.451. The van der Waals surface area contributed by atoms with E-state index in [0.29, 0.717) is 11.1 Å². The number of rotatable bonds is 6. The maximum absolute atomic E-state index is 8.57. The van der Waals surface area contributed by atoms with Crippen molar-refractivity contribution in [1.82, 2.24) is 0 Å². The molecule has 0 amide bonds. The van der Waals surface area contributed by atoms with Gasteiger partial charge in [0.25, 0.3) is 0 Å². The Morgan fingerprint density at radius 3 is 1.54 bits per heavy atom. The van der Waals surface area contributed by atoms with E-state index in [0.717, 1.165) is 39.0 Å². The highest BCUT2D eigenvalue weighted by molar-refractivity contribution is 6.06. The van der Waals surface area contributed by atoms with Gasteiger partial charge < -0.3 is 4.90 Å². The van der Waals surface area contributed by atoms with Crippen LogP contribution in [0.1, 0.15) is 38.7 Å². The van der Waals surface area contributed by atoms with Gasteiger partial charge in [0.1, 0.15) is 0 Å². The molecule has 0 aliphatic heterocycles. The van der Waals surface area contributed by atoms with E-state index in [1.165, 1.54) is 22.3 Å². The van der Waals surface area contributed by atoms with Gasteiger partial charge >= 0.3 is 0 Å². The maximum atomic E-state index is 8.57. The quantitative estimate of drug-likeness (QED) is 0.173. The Labute approximate surface area is 308 Å². The summed E-state index contributed by atoms with van der Waals surface area (Å²) in [7, 11) is 0. The average Bonchev–Trinajstić information content (AvgIpc) is 3.50. The molecular formula is C49H37N. The van der Waals surface area contributed by atoms with Crippen LogP contribution >= 0.6 is 0 Å². The van der Waals surface area contributed by atoms with Crippen molar-refractivity contribution < 1.29 is 13.7 Å². The van der Waals surface area contributed by atoms with E-state index in [-0.39, 0.29) is 40.7 Å². The Hall–Kier alpha value is -6.18. The molecule has 238 valence electrons. The predicted octanol–water partition coefficient (Wildman–Crippen LogP) is 13.6. The molecule has 0 unspecified atom stereocenters. The predicted molar refractivity (Wildman–Crippen MR) is 213 cm³/mol. The van der Waals surface area contributed by atoms with Crippen molar-refractivity contribution in [2.24, 2.45) is 0 Å². The Morgan fingerprint density at radius 2 is 0.920 bits per heavy atom. The van der Waals surface area contributed by atoms with E-state index in [1.54, 1.807) is 24.3 Å². The van der Waals surface area contributed by atoms with Crippen LogP contribution < -0.4 is 4.90 Å². The standard InChI is InChI=1S/C49H37N/c1-49(2)46-20-12-11-18-43(46)44-30-25-38(33-47(44)49)41-31-32-48(45-19-10-9-17-42(41)45)50(39-26-21-36(22-27-39)34-13-5-3-6-14-34)40-28-23-37(24-29-40)35-15-7-4-8-16-35/h3-33H,1-2H3/i3D,4D,5D,6D,7D,8D,13D,14D,15D,16D. The molecule has 50 heavy (non-hydrogen) atoms. The Balaban J connectivity index is 1.21. The fourth-order valence-corrected chi connectivity index (χ4v) is 7.37. The summed E-state index contributed by atoms with van der Waals surface area (Å²) >= 11 is 0. The minimum Gasteiger partial charge on any atom is -0.310 e. The highest BCUT2D eigenvalue weighted by Crippen LogP contribution is 2.50. The second-order valence-electron chi connectivity index (χ2n) is 13.0. The average molecular weight is 650 g/mol. The monoisotopic (exact) mass is 649 g/mol. The van der Waals surface area contributed by atoms with E-state index in [4.69, 9.17) is 13.7 Å². The molecule has 0 saturated heterocycles. The topological polar surface area (TPSA) is 3.24 Å². The lowest BCUT2D eigenvalue weighted by atomic mass is 9.81. The van der Waals surface area contributed by atoms with Crippen molar-refractivity contribution in [2.75, 3.05) is 4.90 Å². The summed E-state index contributed by atoms with van der Waals surface area (Å²) in [6.07, 6.45) is 0. The van der Waals surface area contributed by atoms with E-state index >= 15 is 0 Å².